The van der Waals surface area contributed by atoms with Gasteiger partial charge < -0.3 is 4.98 Å². The Bertz CT molecular complexity index is 1240. The molecule has 0 aliphatic carbocycles. The van der Waals surface area contributed by atoms with Gasteiger partial charge in [-0.15, -0.1) is 6.07 Å². The molecule has 0 aliphatic rings. The summed E-state index contributed by atoms with van der Waals surface area (Å²) in [5.74, 6) is 0. The number of rotatable bonds is 3. The van der Waals surface area contributed by atoms with Crippen molar-refractivity contribution in [1.82, 2.24) is 4.98 Å². The number of para-hydroxylation sites is 2. The molecule has 0 atom stereocenters. The Balaban J connectivity index is 0.00000106. The van der Waals surface area contributed by atoms with Gasteiger partial charge in [-0.25, -0.2) is 0 Å². The van der Waals surface area contributed by atoms with Crippen LogP contribution in [0.2, 0.25) is 0 Å². The summed E-state index contributed by atoms with van der Waals surface area (Å²) in [5.41, 5.74) is 3.06. The molecule has 151 valence electrons. The first-order valence-corrected chi connectivity index (χ1v) is 12.4. The van der Waals surface area contributed by atoms with Crippen molar-refractivity contribution in [2.75, 3.05) is 0 Å². The third-order valence-corrected chi connectivity index (χ3v) is 7.91. The molecule has 30 heavy (non-hydrogen) atoms. The van der Waals surface area contributed by atoms with Gasteiger partial charge in [-0.05, 0) is 35.8 Å². The Labute approximate surface area is 190 Å². The number of fused-ring (bicyclic) bond motifs is 2. The summed E-state index contributed by atoms with van der Waals surface area (Å²) in [6.07, 6.45) is 0. The zero-order chi connectivity index (χ0) is 20.9. The molecule has 0 fully saturated rings. The molecule has 0 spiro atoms. The second kappa shape index (κ2) is 9.63. The van der Waals surface area contributed by atoms with Gasteiger partial charge >= 0.3 is 24.8 Å². The van der Waals surface area contributed by atoms with E-state index in [2.05, 4.69) is 123 Å². The molecule has 0 N–H and O–H groups in total. The van der Waals surface area contributed by atoms with Crippen LogP contribution in [0.15, 0.2) is 103 Å². The van der Waals surface area contributed by atoms with E-state index in [0.29, 0.717) is 0 Å². The van der Waals surface area contributed by atoms with Crippen LogP contribution in [0, 0.1) is 6.92 Å². The summed E-state index contributed by atoms with van der Waals surface area (Å²) in [4.78, 5) is 5.11. The molecule has 4 aromatic carbocycles. The molecule has 5 rings (SSSR count). The van der Waals surface area contributed by atoms with Crippen LogP contribution in [0.1, 0.15) is 5.56 Å². The Hall–Kier alpha value is -2.37. The van der Waals surface area contributed by atoms with Crippen LogP contribution in [0.25, 0.3) is 21.8 Å². The van der Waals surface area contributed by atoms with Gasteiger partial charge in [-0.2, -0.15) is 18.6 Å². The van der Waals surface area contributed by atoms with E-state index in [-0.39, 0.29) is 0 Å². The molecular formula is C26H20ClNNiP. The van der Waals surface area contributed by atoms with Crippen LogP contribution in [0.3, 0.4) is 0 Å². The number of hydrogen-bond acceptors (Lipinski definition) is 1. The molecular weight excluding hydrogens is 451 g/mol. The summed E-state index contributed by atoms with van der Waals surface area (Å²) in [7, 11) is 3.10. The zero-order valence-electron chi connectivity index (χ0n) is 16.2. The maximum atomic E-state index is 5.11. The number of benzene rings is 4. The molecule has 0 bridgehead atoms. The van der Waals surface area contributed by atoms with Crippen LogP contribution in [-0.2, 0) is 14.6 Å². The summed E-state index contributed by atoms with van der Waals surface area (Å²) >= 11 is 3.35. The third-order valence-electron chi connectivity index (χ3n) is 5.15. The Morgan fingerprint density at radius 1 is 0.633 bits per heavy atom. The topological polar surface area (TPSA) is 12.9 Å². The van der Waals surface area contributed by atoms with Gasteiger partial charge in [0, 0.05) is 5.39 Å². The molecule has 0 radical (unpaired) electrons. The average molecular weight is 472 g/mol. The van der Waals surface area contributed by atoms with Crippen molar-refractivity contribution in [3.05, 3.63) is 116 Å². The SMILES string of the molecule is [CH2-]c1cccc2cc3cccc([PH+](c4ccccc4)c4ccccc4)c3nc12.[Cl][Ni]. The Morgan fingerprint density at radius 2 is 1.17 bits per heavy atom. The average Bonchev–Trinajstić information content (AvgIpc) is 2.81. The van der Waals surface area contributed by atoms with Gasteiger partial charge in [0.25, 0.3) is 0 Å². The van der Waals surface area contributed by atoms with Crippen LogP contribution in [-0.4, -0.2) is 4.98 Å². The first kappa shape index (κ1) is 20.9. The van der Waals surface area contributed by atoms with Crippen molar-refractivity contribution in [2.24, 2.45) is 0 Å². The van der Waals surface area contributed by atoms with E-state index in [1.54, 1.807) is 0 Å². The van der Waals surface area contributed by atoms with E-state index in [1.165, 1.54) is 21.3 Å². The summed E-state index contributed by atoms with van der Waals surface area (Å²) in [5, 5.41) is 6.40. The number of nitrogens with zero attached hydrogens (tertiary/aromatic N) is 1. The first-order chi connectivity index (χ1) is 14.8. The monoisotopic (exact) mass is 470 g/mol. The Morgan fingerprint density at radius 3 is 1.77 bits per heavy atom. The van der Waals surface area contributed by atoms with Gasteiger partial charge in [0.05, 0.1) is 5.52 Å². The molecule has 4 heteroatoms. The molecule has 5 aromatic rings. The predicted molar refractivity (Wildman–Crippen MR) is 130 cm³/mol. The van der Waals surface area contributed by atoms with E-state index in [0.717, 1.165) is 22.0 Å². The van der Waals surface area contributed by atoms with Crippen molar-refractivity contribution in [1.29, 1.82) is 0 Å². The fourth-order valence-electron chi connectivity index (χ4n) is 3.84. The van der Waals surface area contributed by atoms with Crippen molar-refractivity contribution >= 4 is 55.8 Å². The molecule has 0 saturated carbocycles. The predicted octanol–water partition coefficient (Wildman–Crippen LogP) is 5.75. The van der Waals surface area contributed by atoms with Gasteiger partial charge in [0.1, 0.15) is 23.8 Å². The molecule has 0 aliphatic heterocycles. The Kier molecular flexibility index (Phi) is 6.70. The minimum absolute atomic E-state index is 0.974. The van der Waals surface area contributed by atoms with Crippen molar-refractivity contribution < 1.29 is 14.6 Å². The van der Waals surface area contributed by atoms with Crippen LogP contribution in [0.4, 0.5) is 0 Å². The fraction of sp³-hybridized carbons (Fsp3) is 0. The standard InChI is InChI=1S/C26H19NP.ClH.Ni/c1-19-10-8-11-20-18-21-12-9-17-24(26(21)27-25(19)20)28(22-13-4-2-5-14-22)23-15-6-3-7-16-23;;/h2-18H,1H2;1H;/q-1;;+1. The fourth-order valence-corrected chi connectivity index (χ4v) is 6.54. The van der Waals surface area contributed by atoms with Crippen LogP contribution in [0.5, 0.6) is 0 Å². The van der Waals surface area contributed by atoms with Crippen molar-refractivity contribution in [3.8, 4) is 0 Å². The summed E-state index contributed by atoms with van der Waals surface area (Å²) < 4.78 is 0. The second-order valence-corrected chi connectivity index (χ2v) is 9.40. The van der Waals surface area contributed by atoms with Crippen molar-refractivity contribution in [3.63, 3.8) is 0 Å². The van der Waals surface area contributed by atoms with Gasteiger partial charge in [0.15, 0.2) is 0 Å². The van der Waals surface area contributed by atoms with Crippen molar-refractivity contribution in [2.45, 2.75) is 0 Å². The normalized spacial score (nSPS) is 10.8. The van der Waals surface area contributed by atoms with E-state index in [9.17, 15) is 0 Å². The number of pyridine rings is 1. The molecule has 0 saturated heterocycles. The zero-order valence-corrected chi connectivity index (χ0v) is 18.9. The maximum absolute atomic E-state index is 5.11. The molecule has 0 amide bonds. The molecule has 1 nitrogen and oxygen atoms in total. The third kappa shape index (κ3) is 4.09. The van der Waals surface area contributed by atoms with E-state index < -0.39 is 7.92 Å². The van der Waals surface area contributed by atoms with Crippen LogP contribution >= 0.6 is 18.1 Å². The molecule has 1 aromatic heterocycles. The number of hydrogen-bond donors (Lipinski definition) is 0. The molecule has 1 heterocycles. The van der Waals surface area contributed by atoms with Gasteiger partial charge in [-0.3, -0.25) is 0 Å². The van der Waals surface area contributed by atoms with Gasteiger partial charge in [-0.1, -0.05) is 66.0 Å². The first-order valence-electron chi connectivity index (χ1n) is 9.56. The van der Waals surface area contributed by atoms with Crippen LogP contribution < -0.4 is 15.9 Å². The van der Waals surface area contributed by atoms with E-state index in [1.807, 2.05) is 12.1 Å². The number of aromatic nitrogens is 1. The minimum atomic E-state index is -1.17. The molecule has 0 unspecified atom stereocenters. The number of halogens is 1. The van der Waals surface area contributed by atoms with Gasteiger partial charge in [0.2, 0.25) is 0 Å². The second-order valence-electron chi connectivity index (χ2n) is 6.96. The summed E-state index contributed by atoms with van der Waals surface area (Å²) in [6, 6.07) is 36.7. The van der Waals surface area contributed by atoms with E-state index >= 15 is 0 Å². The summed E-state index contributed by atoms with van der Waals surface area (Å²) in [6.45, 7) is 4.19. The quantitative estimate of drug-likeness (QED) is 0.141. The van der Waals surface area contributed by atoms with E-state index in [4.69, 9.17) is 4.98 Å².